The Morgan fingerprint density at radius 1 is 1.56 bits per heavy atom. The topological polar surface area (TPSA) is 69.6 Å². The number of hydrogen-bond acceptors (Lipinski definition) is 3. The van der Waals surface area contributed by atoms with Gasteiger partial charge in [-0.3, -0.25) is 9.59 Å². The standard InChI is InChI=1S/C11H18N2O3/c1-7(2)11(16)5-13(6-11)10(15)8-3-4-9(14)12-8/h7-8,16H,3-6H2,1-2H3,(H,12,14)/t8-/m0/s1. The Balaban J connectivity index is 1.88. The molecule has 2 heterocycles. The molecular weight excluding hydrogens is 208 g/mol. The molecule has 16 heavy (non-hydrogen) atoms. The predicted octanol–water partition coefficient (Wildman–Crippen LogP) is -0.506. The van der Waals surface area contributed by atoms with Gasteiger partial charge in [-0.15, -0.1) is 0 Å². The molecule has 0 radical (unpaired) electrons. The van der Waals surface area contributed by atoms with Gasteiger partial charge in [-0.1, -0.05) is 13.8 Å². The molecule has 0 unspecified atom stereocenters. The molecule has 1 atom stereocenters. The van der Waals surface area contributed by atoms with Gasteiger partial charge >= 0.3 is 0 Å². The van der Waals surface area contributed by atoms with E-state index in [4.69, 9.17) is 0 Å². The highest BCUT2D eigenvalue weighted by Gasteiger charge is 2.47. The van der Waals surface area contributed by atoms with Crippen LogP contribution < -0.4 is 5.32 Å². The van der Waals surface area contributed by atoms with Crippen LogP contribution in [0.2, 0.25) is 0 Å². The number of rotatable bonds is 2. The second-order valence-corrected chi connectivity index (χ2v) is 5.11. The molecule has 0 aromatic carbocycles. The molecule has 5 nitrogen and oxygen atoms in total. The summed E-state index contributed by atoms with van der Waals surface area (Å²) in [5, 5.41) is 12.7. The highest BCUT2D eigenvalue weighted by atomic mass is 16.3. The van der Waals surface area contributed by atoms with Gasteiger partial charge in [0, 0.05) is 6.42 Å². The van der Waals surface area contributed by atoms with Crippen LogP contribution in [-0.4, -0.2) is 46.6 Å². The molecule has 0 aliphatic carbocycles. The first-order chi connectivity index (χ1) is 7.42. The van der Waals surface area contributed by atoms with Crippen LogP contribution in [-0.2, 0) is 9.59 Å². The summed E-state index contributed by atoms with van der Waals surface area (Å²) >= 11 is 0. The van der Waals surface area contributed by atoms with Crippen molar-refractivity contribution < 1.29 is 14.7 Å². The maximum Gasteiger partial charge on any atom is 0.245 e. The van der Waals surface area contributed by atoms with Crippen molar-refractivity contribution in [3.63, 3.8) is 0 Å². The van der Waals surface area contributed by atoms with Gasteiger partial charge in [0.2, 0.25) is 11.8 Å². The van der Waals surface area contributed by atoms with Gasteiger partial charge in [-0.05, 0) is 12.3 Å². The first kappa shape index (κ1) is 11.4. The molecule has 0 saturated carbocycles. The Labute approximate surface area is 94.8 Å². The summed E-state index contributed by atoms with van der Waals surface area (Å²) in [5.41, 5.74) is -0.738. The molecule has 5 heteroatoms. The van der Waals surface area contributed by atoms with Crippen molar-refractivity contribution in [1.82, 2.24) is 10.2 Å². The Morgan fingerprint density at radius 3 is 2.62 bits per heavy atom. The lowest BCUT2D eigenvalue weighted by Gasteiger charge is -2.49. The maximum absolute atomic E-state index is 11.9. The summed E-state index contributed by atoms with van der Waals surface area (Å²) in [4.78, 5) is 24.5. The average Bonchev–Trinajstić information content (AvgIpc) is 2.58. The third-order valence-corrected chi connectivity index (χ3v) is 3.61. The van der Waals surface area contributed by atoms with E-state index in [1.54, 1.807) is 4.90 Å². The smallest absolute Gasteiger partial charge is 0.245 e. The molecule has 0 aromatic heterocycles. The second kappa shape index (κ2) is 3.73. The Bertz CT molecular complexity index is 321. The van der Waals surface area contributed by atoms with Crippen LogP contribution in [0.15, 0.2) is 0 Å². The molecule has 2 N–H and O–H groups in total. The minimum Gasteiger partial charge on any atom is -0.386 e. The molecule has 2 amide bonds. The van der Waals surface area contributed by atoms with E-state index in [1.807, 2.05) is 13.8 Å². The van der Waals surface area contributed by atoms with E-state index in [0.717, 1.165) is 0 Å². The van der Waals surface area contributed by atoms with E-state index in [0.29, 0.717) is 25.9 Å². The molecule has 2 aliphatic heterocycles. The first-order valence-corrected chi connectivity index (χ1v) is 5.73. The largest absolute Gasteiger partial charge is 0.386 e. The van der Waals surface area contributed by atoms with E-state index in [1.165, 1.54) is 0 Å². The van der Waals surface area contributed by atoms with Gasteiger partial charge in [0.15, 0.2) is 0 Å². The molecule has 90 valence electrons. The highest BCUT2D eigenvalue weighted by Crippen LogP contribution is 2.29. The summed E-state index contributed by atoms with van der Waals surface area (Å²) in [6, 6.07) is -0.371. The number of aliphatic hydroxyl groups is 1. The highest BCUT2D eigenvalue weighted by molar-refractivity contribution is 5.91. The van der Waals surface area contributed by atoms with Crippen LogP contribution in [0.1, 0.15) is 26.7 Å². The van der Waals surface area contributed by atoms with E-state index in [2.05, 4.69) is 5.32 Å². The summed E-state index contributed by atoms with van der Waals surface area (Å²) in [6.45, 7) is 4.66. The number of nitrogens with zero attached hydrogens (tertiary/aromatic N) is 1. The fourth-order valence-corrected chi connectivity index (χ4v) is 2.16. The number of carbonyl (C=O) groups is 2. The van der Waals surface area contributed by atoms with Crippen molar-refractivity contribution in [2.75, 3.05) is 13.1 Å². The van der Waals surface area contributed by atoms with Crippen molar-refractivity contribution in [1.29, 1.82) is 0 Å². The van der Waals surface area contributed by atoms with Gasteiger partial charge in [0.1, 0.15) is 11.6 Å². The zero-order valence-corrected chi connectivity index (χ0v) is 9.69. The van der Waals surface area contributed by atoms with Crippen molar-refractivity contribution in [2.24, 2.45) is 5.92 Å². The van der Waals surface area contributed by atoms with Crippen molar-refractivity contribution >= 4 is 11.8 Å². The van der Waals surface area contributed by atoms with Crippen LogP contribution in [0, 0.1) is 5.92 Å². The minimum absolute atomic E-state index is 0.0574. The first-order valence-electron chi connectivity index (χ1n) is 5.73. The maximum atomic E-state index is 11.9. The van der Waals surface area contributed by atoms with E-state index in [9.17, 15) is 14.7 Å². The number of nitrogens with one attached hydrogen (secondary N) is 1. The van der Waals surface area contributed by atoms with Gasteiger partial charge in [0.05, 0.1) is 13.1 Å². The van der Waals surface area contributed by atoms with Crippen molar-refractivity contribution in [2.45, 2.75) is 38.3 Å². The summed E-state index contributed by atoms with van der Waals surface area (Å²) in [7, 11) is 0. The zero-order chi connectivity index (χ0) is 11.9. The van der Waals surface area contributed by atoms with Gasteiger partial charge < -0.3 is 15.3 Å². The Hall–Kier alpha value is -1.10. The van der Waals surface area contributed by atoms with E-state index < -0.39 is 5.60 Å². The van der Waals surface area contributed by atoms with E-state index in [-0.39, 0.29) is 23.8 Å². The summed E-state index contributed by atoms with van der Waals surface area (Å²) < 4.78 is 0. The molecule has 2 saturated heterocycles. The molecule has 0 spiro atoms. The van der Waals surface area contributed by atoms with Gasteiger partial charge in [-0.25, -0.2) is 0 Å². The van der Waals surface area contributed by atoms with Gasteiger partial charge in [-0.2, -0.15) is 0 Å². The molecular formula is C11H18N2O3. The third kappa shape index (κ3) is 1.80. The second-order valence-electron chi connectivity index (χ2n) is 5.11. The zero-order valence-electron chi connectivity index (χ0n) is 9.69. The summed E-state index contributed by atoms with van der Waals surface area (Å²) in [6.07, 6.45) is 1.01. The molecule has 2 aliphatic rings. The monoisotopic (exact) mass is 226 g/mol. The fraction of sp³-hybridized carbons (Fsp3) is 0.818. The SMILES string of the molecule is CC(C)C1(O)CN(C(=O)[C@@H]2CCC(=O)N2)C1. The lowest BCUT2D eigenvalue weighted by atomic mass is 9.82. The normalized spacial score (nSPS) is 27.9. The molecule has 0 aromatic rings. The van der Waals surface area contributed by atoms with Crippen LogP contribution in [0.4, 0.5) is 0 Å². The van der Waals surface area contributed by atoms with Gasteiger partial charge in [0.25, 0.3) is 0 Å². The third-order valence-electron chi connectivity index (χ3n) is 3.61. The number of likely N-dealkylation sites (tertiary alicyclic amines) is 1. The lowest BCUT2D eigenvalue weighted by Crippen LogP contribution is -2.68. The van der Waals surface area contributed by atoms with Crippen LogP contribution in [0.5, 0.6) is 0 Å². The molecule has 2 fully saturated rings. The average molecular weight is 226 g/mol. The molecule has 2 rings (SSSR count). The Morgan fingerprint density at radius 2 is 2.19 bits per heavy atom. The number of hydrogen-bond donors (Lipinski definition) is 2. The number of amides is 2. The fourth-order valence-electron chi connectivity index (χ4n) is 2.16. The summed E-state index contributed by atoms with van der Waals surface area (Å²) in [5.74, 6) is 0.0314. The van der Waals surface area contributed by atoms with E-state index >= 15 is 0 Å². The van der Waals surface area contributed by atoms with Crippen LogP contribution in [0.3, 0.4) is 0 Å². The van der Waals surface area contributed by atoms with Crippen LogP contribution in [0.25, 0.3) is 0 Å². The van der Waals surface area contributed by atoms with Crippen molar-refractivity contribution in [3.8, 4) is 0 Å². The quantitative estimate of drug-likeness (QED) is 0.666. The van der Waals surface area contributed by atoms with Crippen LogP contribution >= 0.6 is 0 Å². The lowest BCUT2D eigenvalue weighted by molar-refractivity contribution is -0.165. The minimum atomic E-state index is -0.738. The molecule has 0 bridgehead atoms. The van der Waals surface area contributed by atoms with Crippen molar-refractivity contribution in [3.05, 3.63) is 0 Å². The number of carbonyl (C=O) groups excluding carboxylic acids is 2. The Kier molecular flexibility index (Phi) is 2.66. The number of β-amino-alcohol motifs (C(OH)–C–C–N with tert-alkyl or cyclic N) is 1. The predicted molar refractivity (Wildman–Crippen MR) is 57.5 cm³/mol.